The standard InChI is InChI=1S/C13H20N2OS/c1-9-4-5-12(11(3)10(9)2)8-15-13(17)14-6-7-16/h4-5,16H,6-8H2,1-3H3,(H2,14,15,17). The summed E-state index contributed by atoms with van der Waals surface area (Å²) in [6.07, 6.45) is 0. The molecule has 0 unspecified atom stereocenters. The van der Waals surface area contributed by atoms with Crippen LogP contribution in [0.1, 0.15) is 22.3 Å². The van der Waals surface area contributed by atoms with Crippen molar-refractivity contribution >= 4 is 17.3 Å². The largest absolute Gasteiger partial charge is 0.395 e. The number of rotatable bonds is 4. The maximum absolute atomic E-state index is 8.66. The molecule has 4 heteroatoms. The Hall–Kier alpha value is -1.13. The number of benzene rings is 1. The fraction of sp³-hybridized carbons (Fsp3) is 0.462. The molecule has 3 N–H and O–H groups in total. The topological polar surface area (TPSA) is 44.3 Å². The van der Waals surface area contributed by atoms with Gasteiger partial charge in [0.05, 0.1) is 6.61 Å². The second-order valence-electron chi connectivity index (χ2n) is 4.12. The van der Waals surface area contributed by atoms with E-state index in [-0.39, 0.29) is 6.61 Å². The SMILES string of the molecule is Cc1ccc(CNC(=S)NCCO)c(C)c1C. The first kappa shape index (κ1) is 13.9. The summed E-state index contributed by atoms with van der Waals surface area (Å²) in [5.41, 5.74) is 5.20. The van der Waals surface area contributed by atoms with E-state index in [9.17, 15) is 0 Å². The molecule has 0 spiro atoms. The molecule has 0 fully saturated rings. The van der Waals surface area contributed by atoms with Gasteiger partial charge in [0.25, 0.3) is 0 Å². The molecule has 0 aliphatic rings. The van der Waals surface area contributed by atoms with Gasteiger partial charge in [0.1, 0.15) is 0 Å². The van der Waals surface area contributed by atoms with Crippen LogP contribution in [0.2, 0.25) is 0 Å². The van der Waals surface area contributed by atoms with Crippen molar-refractivity contribution in [2.75, 3.05) is 13.2 Å². The van der Waals surface area contributed by atoms with Gasteiger partial charge in [-0.1, -0.05) is 12.1 Å². The molecule has 0 saturated carbocycles. The molecule has 94 valence electrons. The van der Waals surface area contributed by atoms with Gasteiger partial charge in [0.2, 0.25) is 0 Å². The van der Waals surface area contributed by atoms with Crippen molar-refractivity contribution in [3.63, 3.8) is 0 Å². The zero-order chi connectivity index (χ0) is 12.8. The molecule has 0 aliphatic carbocycles. The van der Waals surface area contributed by atoms with E-state index < -0.39 is 0 Å². The first-order chi connectivity index (χ1) is 8.06. The van der Waals surface area contributed by atoms with Gasteiger partial charge in [-0.3, -0.25) is 0 Å². The quantitative estimate of drug-likeness (QED) is 0.712. The predicted octanol–water partition coefficient (Wildman–Crippen LogP) is 1.57. The van der Waals surface area contributed by atoms with E-state index in [0.717, 1.165) is 0 Å². The third-order valence-electron chi connectivity index (χ3n) is 3.01. The van der Waals surface area contributed by atoms with Crippen molar-refractivity contribution in [1.82, 2.24) is 10.6 Å². The summed E-state index contributed by atoms with van der Waals surface area (Å²) >= 11 is 5.09. The molecular weight excluding hydrogens is 232 g/mol. The van der Waals surface area contributed by atoms with Gasteiger partial charge in [-0.15, -0.1) is 0 Å². The number of aliphatic hydroxyl groups excluding tert-OH is 1. The molecule has 1 aromatic rings. The van der Waals surface area contributed by atoms with Crippen molar-refractivity contribution in [2.24, 2.45) is 0 Å². The highest BCUT2D eigenvalue weighted by Crippen LogP contribution is 2.16. The molecule has 0 aromatic heterocycles. The molecule has 1 rings (SSSR count). The molecule has 0 saturated heterocycles. The number of hydrogen-bond donors (Lipinski definition) is 3. The minimum Gasteiger partial charge on any atom is -0.395 e. The number of hydrogen-bond acceptors (Lipinski definition) is 2. The zero-order valence-corrected chi connectivity index (χ0v) is 11.4. The summed E-state index contributed by atoms with van der Waals surface area (Å²) in [6.45, 7) is 7.67. The molecule has 0 amide bonds. The third kappa shape index (κ3) is 3.98. The molecule has 0 bridgehead atoms. The van der Waals surface area contributed by atoms with Crippen LogP contribution in [0.3, 0.4) is 0 Å². The molecule has 3 nitrogen and oxygen atoms in total. The van der Waals surface area contributed by atoms with Gasteiger partial charge >= 0.3 is 0 Å². The van der Waals surface area contributed by atoms with E-state index in [0.29, 0.717) is 18.2 Å². The number of aryl methyl sites for hydroxylation is 1. The van der Waals surface area contributed by atoms with E-state index in [4.69, 9.17) is 17.3 Å². The number of thiocarbonyl (C=S) groups is 1. The van der Waals surface area contributed by atoms with Gasteiger partial charge in [-0.05, 0) is 55.2 Å². The molecule has 0 atom stereocenters. The Morgan fingerprint density at radius 3 is 2.53 bits per heavy atom. The molecular formula is C13H20N2OS. The summed E-state index contributed by atoms with van der Waals surface area (Å²) in [6, 6.07) is 4.25. The Morgan fingerprint density at radius 2 is 1.88 bits per heavy atom. The summed E-state index contributed by atoms with van der Waals surface area (Å²) in [4.78, 5) is 0. The van der Waals surface area contributed by atoms with E-state index in [2.05, 4.69) is 43.5 Å². The maximum Gasteiger partial charge on any atom is 0.166 e. The van der Waals surface area contributed by atoms with Crippen LogP contribution in [0.5, 0.6) is 0 Å². The minimum atomic E-state index is 0.0878. The van der Waals surface area contributed by atoms with Crippen LogP contribution in [0.15, 0.2) is 12.1 Å². The van der Waals surface area contributed by atoms with Crippen molar-refractivity contribution < 1.29 is 5.11 Å². The number of aliphatic hydroxyl groups is 1. The van der Waals surface area contributed by atoms with Crippen LogP contribution in [-0.2, 0) is 6.54 Å². The number of nitrogens with one attached hydrogen (secondary N) is 2. The predicted molar refractivity (Wildman–Crippen MR) is 75.2 cm³/mol. The average Bonchev–Trinajstić information content (AvgIpc) is 2.32. The maximum atomic E-state index is 8.66. The highest BCUT2D eigenvalue weighted by molar-refractivity contribution is 7.80. The van der Waals surface area contributed by atoms with Crippen molar-refractivity contribution in [1.29, 1.82) is 0 Å². The molecule has 17 heavy (non-hydrogen) atoms. The molecule has 1 aromatic carbocycles. The first-order valence-electron chi connectivity index (χ1n) is 5.74. The smallest absolute Gasteiger partial charge is 0.166 e. The molecule has 0 heterocycles. The second-order valence-corrected chi connectivity index (χ2v) is 4.53. The lowest BCUT2D eigenvalue weighted by Gasteiger charge is -2.13. The van der Waals surface area contributed by atoms with E-state index in [1.165, 1.54) is 22.3 Å². The van der Waals surface area contributed by atoms with Gasteiger partial charge in [-0.25, -0.2) is 0 Å². The van der Waals surface area contributed by atoms with Crippen molar-refractivity contribution in [2.45, 2.75) is 27.3 Å². The fourth-order valence-corrected chi connectivity index (χ4v) is 1.79. The van der Waals surface area contributed by atoms with Gasteiger partial charge in [0.15, 0.2) is 5.11 Å². The summed E-state index contributed by atoms with van der Waals surface area (Å²) < 4.78 is 0. The Morgan fingerprint density at radius 1 is 1.18 bits per heavy atom. The minimum absolute atomic E-state index is 0.0878. The van der Waals surface area contributed by atoms with E-state index in [1.807, 2.05) is 0 Å². The van der Waals surface area contributed by atoms with Crippen LogP contribution >= 0.6 is 12.2 Å². The van der Waals surface area contributed by atoms with E-state index in [1.54, 1.807) is 0 Å². The summed E-state index contributed by atoms with van der Waals surface area (Å²) in [5, 5.41) is 15.3. The lowest BCUT2D eigenvalue weighted by Crippen LogP contribution is -2.36. The highest BCUT2D eigenvalue weighted by atomic mass is 32.1. The van der Waals surface area contributed by atoms with Crippen LogP contribution in [0.4, 0.5) is 0 Å². The first-order valence-corrected chi connectivity index (χ1v) is 6.15. The van der Waals surface area contributed by atoms with Gasteiger partial charge in [0, 0.05) is 13.1 Å². The highest BCUT2D eigenvalue weighted by Gasteiger charge is 2.04. The third-order valence-corrected chi connectivity index (χ3v) is 3.30. The Balaban J connectivity index is 2.58. The van der Waals surface area contributed by atoms with Crippen LogP contribution < -0.4 is 10.6 Å². The summed E-state index contributed by atoms with van der Waals surface area (Å²) in [5.74, 6) is 0. The Bertz CT molecular complexity index is 405. The Kier molecular flexibility index (Phi) is 5.38. The lowest BCUT2D eigenvalue weighted by atomic mass is 9.99. The average molecular weight is 252 g/mol. The monoisotopic (exact) mass is 252 g/mol. The summed E-state index contributed by atoms with van der Waals surface area (Å²) in [7, 11) is 0. The van der Waals surface area contributed by atoms with Gasteiger partial charge in [-0.2, -0.15) is 0 Å². The normalized spacial score (nSPS) is 10.1. The van der Waals surface area contributed by atoms with E-state index >= 15 is 0 Å². The van der Waals surface area contributed by atoms with Crippen molar-refractivity contribution in [3.8, 4) is 0 Å². The van der Waals surface area contributed by atoms with Gasteiger partial charge < -0.3 is 15.7 Å². The Labute approximate surface area is 108 Å². The molecule has 0 radical (unpaired) electrons. The second kappa shape index (κ2) is 6.57. The van der Waals surface area contributed by atoms with Crippen molar-refractivity contribution in [3.05, 3.63) is 34.4 Å². The zero-order valence-electron chi connectivity index (χ0n) is 10.6. The van der Waals surface area contributed by atoms with Crippen LogP contribution in [-0.4, -0.2) is 23.4 Å². The lowest BCUT2D eigenvalue weighted by molar-refractivity contribution is 0.300. The van der Waals surface area contributed by atoms with Crippen LogP contribution in [0.25, 0.3) is 0 Å². The fourth-order valence-electron chi connectivity index (χ4n) is 1.61. The van der Waals surface area contributed by atoms with Crippen LogP contribution in [0, 0.1) is 20.8 Å². The molecule has 0 aliphatic heterocycles.